The molecule has 0 radical (unpaired) electrons. The molecule has 0 aromatic carbocycles. The van der Waals surface area contributed by atoms with Gasteiger partial charge in [-0.25, -0.2) is 0 Å². The van der Waals surface area contributed by atoms with E-state index in [2.05, 4.69) is 32.1 Å². The van der Waals surface area contributed by atoms with Crippen molar-refractivity contribution in [2.45, 2.75) is 38.5 Å². The number of carbonyl (C=O) groups is 3. The lowest BCUT2D eigenvalue weighted by Gasteiger charge is -2.55. The fourth-order valence-corrected chi connectivity index (χ4v) is 6.69. The third-order valence-electron chi connectivity index (χ3n) is 6.04. The Bertz CT molecular complexity index is 713. The van der Waals surface area contributed by atoms with Gasteiger partial charge in [0, 0.05) is 5.41 Å². The number of thiophene rings is 1. The van der Waals surface area contributed by atoms with Crippen molar-refractivity contribution in [3.8, 4) is 0 Å². The predicted octanol–water partition coefficient (Wildman–Crippen LogP) is 2.60. The molecule has 5 rings (SSSR count). The first kappa shape index (κ1) is 18.0. The first-order valence-corrected chi connectivity index (χ1v) is 10.7. The second-order valence-corrected chi connectivity index (χ2v) is 10.4. The molecule has 26 heavy (non-hydrogen) atoms. The third-order valence-corrected chi connectivity index (χ3v) is 7.66. The van der Waals surface area contributed by atoms with Crippen LogP contribution in [0.1, 0.15) is 48.2 Å². The Morgan fingerprint density at radius 3 is 2.19 bits per heavy atom. The van der Waals surface area contributed by atoms with Gasteiger partial charge in [-0.1, -0.05) is 0 Å². The molecule has 4 aliphatic rings. The highest BCUT2D eigenvalue weighted by Crippen LogP contribution is 2.60. The maximum atomic E-state index is 12.8. The molecule has 140 valence electrons. The molecule has 6 nitrogen and oxygen atoms in total. The lowest BCUT2D eigenvalue weighted by atomic mass is 9.49. The minimum absolute atomic E-state index is 0.0141. The van der Waals surface area contributed by atoms with Gasteiger partial charge < -0.3 is 5.32 Å². The molecule has 4 aliphatic carbocycles. The second kappa shape index (κ2) is 6.96. The Labute approximate surface area is 164 Å². The van der Waals surface area contributed by atoms with Crippen molar-refractivity contribution >= 4 is 45.0 Å². The summed E-state index contributed by atoms with van der Waals surface area (Å²) < 4.78 is 0.844. The summed E-state index contributed by atoms with van der Waals surface area (Å²) in [4.78, 5) is 37.2. The Balaban J connectivity index is 1.25. The largest absolute Gasteiger partial charge is 0.346 e. The molecule has 0 unspecified atom stereocenters. The van der Waals surface area contributed by atoms with E-state index in [9.17, 15) is 14.4 Å². The van der Waals surface area contributed by atoms with Gasteiger partial charge in [0.05, 0.1) is 15.2 Å². The van der Waals surface area contributed by atoms with Crippen LogP contribution in [0.5, 0.6) is 0 Å². The Morgan fingerprint density at radius 2 is 1.65 bits per heavy atom. The molecule has 0 aliphatic heterocycles. The summed E-state index contributed by atoms with van der Waals surface area (Å²) >= 11 is 4.57. The van der Waals surface area contributed by atoms with Crippen LogP contribution in [0.2, 0.25) is 0 Å². The molecule has 1 aromatic heterocycles. The van der Waals surface area contributed by atoms with Crippen molar-refractivity contribution in [3.05, 3.63) is 20.8 Å². The van der Waals surface area contributed by atoms with Gasteiger partial charge in [-0.2, -0.15) is 0 Å². The van der Waals surface area contributed by atoms with E-state index in [1.54, 1.807) is 12.1 Å². The van der Waals surface area contributed by atoms with E-state index < -0.39 is 5.91 Å². The van der Waals surface area contributed by atoms with Gasteiger partial charge in [0.25, 0.3) is 11.8 Å². The highest BCUT2D eigenvalue weighted by atomic mass is 79.9. The smallest absolute Gasteiger partial charge is 0.279 e. The van der Waals surface area contributed by atoms with Gasteiger partial charge in [0.15, 0.2) is 0 Å². The summed E-state index contributed by atoms with van der Waals surface area (Å²) in [6, 6.07) is 3.44. The van der Waals surface area contributed by atoms with Crippen LogP contribution in [0.3, 0.4) is 0 Å². The summed E-state index contributed by atoms with van der Waals surface area (Å²) in [5, 5.41) is 2.80. The molecular formula is C18H22BrN3O3S. The van der Waals surface area contributed by atoms with Crippen molar-refractivity contribution in [1.29, 1.82) is 0 Å². The van der Waals surface area contributed by atoms with Crippen LogP contribution >= 0.6 is 27.3 Å². The molecular weight excluding hydrogens is 418 g/mol. The fraction of sp³-hybridized carbons (Fsp3) is 0.611. The molecule has 1 heterocycles. The van der Waals surface area contributed by atoms with Crippen molar-refractivity contribution in [3.63, 3.8) is 0 Å². The molecule has 4 bridgehead atoms. The first-order chi connectivity index (χ1) is 12.4. The van der Waals surface area contributed by atoms with E-state index in [-0.39, 0.29) is 23.8 Å². The molecule has 0 spiro atoms. The van der Waals surface area contributed by atoms with Crippen molar-refractivity contribution in [1.82, 2.24) is 16.2 Å². The first-order valence-electron chi connectivity index (χ1n) is 9.06. The average molecular weight is 440 g/mol. The predicted molar refractivity (Wildman–Crippen MR) is 101 cm³/mol. The van der Waals surface area contributed by atoms with Crippen molar-refractivity contribution in [2.24, 2.45) is 23.2 Å². The fourth-order valence-electron chi connectivity index (χ4n) is 5.41. The number of hydrogen-bond donors (Lipinski definition) is 3. The Kier molecular flexibility index (Phi) is 4.81. The van der Waals surface area contributed by atoms with Gasteiger partial charge in [-0.3, -0.25) is 25.2 Å². The van der Waals surface area contributed by atoms with Crippen LogP contribution in [0.4, 0.5) is 0 Å². The van der Waals surface area contributed by atoms with Crippen LogP contribution < -0.4 is 16.2 Å². The van der Waals surface area contributed by atoms with Gasteiger partial charge in [-0.05, 0) is 84.3 Å². The SMILES string of the molecule is O=C(CNC(=O)C12CC3CC(CC(C3)C1)C2)NNC(=O)c1ccc(Br)s1. The number of halogens is 1. The standard InChI is InChI=1S/C18H22BrN3O3S/c19-14-2-1-13(26-14)16(24)22-21-15(23)9-20-17(25)18-6-10-3-11(7-18)5-12(4-10)8-18/h1-2,10-12H,3-9H2,(H,20,25)(H,21,23)(H,22,24). The zero-order chi connectivity index (χ0) is 18.3. The minimum Gasteiger partial charge on any atom is -0.346 e. The van der Waals surface area contributed by atoms with Gasteiger partial charge in [-0.15, -0.1) is 11.3 Å². The van der Waals surface area contributed by atoms with Crippen LogP contribution in [0, 0.1) is 23.2 Å². The Morgan fingerprint density at radius 1 is 1.04 bits per heavy atom. The zero-order valence-electron chi connectivity index (χ0n) is 14.3. The lowest BCUT2D eigenvalue weighted by Crippen LogP contribution is -2.55. The number of hydrogen-bond acceptors (Lipinski definition) is 4. The monoisotopic (exact) mass is 439 g/mol. The zero-order valence-corrected chi connectivity index (χ0v) is 16.7. The lowest BCUT2D eigenvalue weighted by molar-refractivity contribution is -0.147. The molecule has 0 atom stereocenters. The maximum absolute atomic E-state index is 12.8. The number of hydrazine groups is 1. The topological polar surface area (TPSA) is 87.3 Å². The van der Waals surface area contributed by atoms with Crippen molar-refractivity contribution < 1.29 is 14.4 Å². The van der Waals surface area contributed by atoms with E-state index in [0.29, 0.717) is 22.6 Å². The van der Waals surface area contributed by atoms with E-state index in [4.69, 9.17) is 0 Å². The van der Waals surface area contributed by atoms with E-state index in [1.165, 1.54) is 30.6 Å². The summed E-state index contributed by atoms with van der Waals surface area (Å²) in [6.45, 7) is -0.116. The van der Waals surface area contributed by atoms with Crippen LogP contribution in [0.15, 0.2) is 15.9 Å². The summed E-state index contributed by atoms with van der Waals surface area (Å²) in [5.74, 6) is 1.27. The highest BCUT2D eigenvalue weighted by molar-refractivity contribution is 9.11. The third kappa shape index (κ3) is 3.53. The van der Waals surface area contributed by atoms with E-state index in [1.807, 2.05) is 0 Å². The minimum atomic E-state index is -0.424. The van der Waals surface area contributed by atoms with Gasteiger partial charge >= 0.3 is 0 Å². The van der Waals surface area contributed by atoms with E-state index in [0.717, 1.165) is 23.0 Å². The molecule has 8 heteroatoms. The summed E-state index contributed by atoms with van der Waals surface area (Å²) in [6.07, 6.45) is 6.73. The summed E-state index contributed by atoms with van der Waals surface area (Å²) in [7, 11) is 0. The Hall–Kier alpha value is -1.41. The molecule has 4 saturated carbocycles. The summed E-state index contributed by atoms with van der Waals surface area (Å²) in [5.41, 5.74) is 4.47. The molecule has 3 amide bonds. The molecule has 4 fully saturated rings. The van der Waals surface area contributed by atoms with E-state index >= 15 is 0 Å². The number of nitrogens with one attached hydrogen (secondary N) is 3. The molecule has 3 N–H and O–H groups in total. The number of rotatable bonds is 4. The van der Waals surface area contributed by atoms with Crippen molar-refractivity contribution in [2.75, 3.05) is 6.54 Å². The number of carbonyl (C=O) groups excluding carboxylic acids is 3. The number of amides is 3. The van der Waals surface area contributed by atoms with Gasteiger partial charge in [0.2, 0.25) is 5.91 Å². The maximum Gasteiger partial charge on any atom is 0.279 e. The van der Waals surface area contributed by atoms with Crippen LogP contribution in [-0.4, -0.2) is 24.3 Å². The quantitative estimate of drug-likeness (QED) is 0.629. The molecule has 1 aromatic rings. The average Bonchev–Trinajstić information content (AvgIpc) is 3.03. The highest BCUT2D eigenvalue weighted by Gasteiger charge is 2.54. The van der Waals surface area contributed by atoms with Crippen LogP contribution in [0.25, 0.3) is 0 Å². The second-order valence-electron chi connectivity index (χ2n) is 7.99. The van der Waals surface area contributed by atoms with Crippen LogP contribution in [-0.2, 0) is 9.59 Å². The molecule has 0 saturated heterocycles. The van der Waals surface area contributed by atoms with Gasteiger partial charge in [0.1, 0.15) is 0 Å². The normalized spacial score (nSPS) is 31.5.